The van der Waals surface area contributed by atoms with Crippen LogP contribution < -0.4 is 4.74 Å². The van der Waals surface area contributed by atoms with Crippen molar-refractivity contribution in [3.63, 3.8) is 0 Å². The van der Waals surface area contributed by atoms with Crippen LogP contribution in [0.3, 0.4) is 0 Å². The van der Waals surface area contributed by atoms with E-state index in [1.165, 1.54) is 0 Å². The lowest BCUT2D eigenvalue weighted by Gasteiger charge is -2.18. The van der Waals surface area contributed by atoms with Crippen LogP contribution in [0.4, 0.5) is 0 Å². The third-order valence-electron chi connectivity index (χ3n) is 3.07. The molecule has 1 aromatic heterocycles. The van der Waals surface area contributed by atoms with Crippen LogP contribution in [0.1, 0.15) is 38.1 Å². The van der Waals surface area contributed by atoms with Gasteiger partial charge in [-0.05, 0) is 39.8 Å². The molecule has 1 heterocycles. The average molecular weight is 288 g/mol. The summed E-state index contributed by atoms with van der Waals surface area (Å²) < 4.78 is 7.25. The first kappa shape index (κ1) is 15.1. The van der Waals surface area contributed by atoms with Crippen molar-refractivity contribution >= 4 is 5.97 Å². The minimum atomic E-state index is -0.994. The zero-order valence-electron chi connectivity index (χ0n) is 12.8. The Balaban J connectivity index is 2.63. The van der Waals surface area contributed by atoms with Crippen LogP contribution in [-0.4, -0.2) is 27.5 Å². The minimum absolute atomic E-state index is 0.178. The number of para-hydroxylation sites is 1. The van der Waals surface area contributed by atoms with Gasteiger partial charge in [0.25, 0.3) is 0 Å². The van der Waals surface area contributed by atoms with Crippen LogP contribution in [0.5, 0.6) is 5.75 Å². The molecule has 1 aromatic carbocycles. The smallest absolute Gasteiger partial charge is 0.339 e. The van der Waals surface area contributed by atoms with Gasteiger partial charge >= 0.3 is 5.97 Å². The maximum atomic E-state index is 11.5. The fourth-order valence-corrected chi connectivity index (χ4v) is 2.02. The Hall–Kier alpha value is -2.30. The standard InChI is InChI=1S/C16H20N2O3/c1-5-21-13-9-7-6-8-11(13)14-12(15(19)20)10-18(17-14)16(2,3)4/h6-10H,5H2,1-4H3,(H,19,20). The van der Waals surface area contributed by atoms with E-state index in [4.69, 9.17) is 4.74 Å². The Morgan fingerprint density at radius 1 is 1.33 bits per heavy atom. The third-order valence-corrected chi connectivity index (χ3v) is 3.07. The van der Waals surface area contributed by atoms with Gasteiger partial charge in [0.05, 0.1) is 12.1 Å². The molecule has 0 saturated heterocycles. The highest BCUT2D eigenvalue weighted by molar-refractivity contribution is 5.95. The predicted molar refractivity (Wildman–Crippen MR) is 80.8 cm³/mol. The summed E-state index contributed by atoms with van der Waals surface area (Å²) in [5.74, 6) is -0.353. The van der Waals surface area contributed by atoms with Crippen molar-refractivity contribution in [3.05, 3.63) is 36.0 Å². The van der Waals surface area contributed by atoms with Crippen LogP contribution in [0, 0.1) is 0 Å². The van der Waals surface area contributed by atoms with Gasteiger partial charge in [-0.15, -0.1) is 0 Å². The Morgan fingerprint density at radius 3 is 2.57 bits per heavy atom. The summed E-state index contributed by atoms with van der Waals surface area (Å²) in [4.78, 5) is 11.5. The molecule has 0 saturated carbocycles. The fraction of sp³-hybridized carbons (Fsp3) is 0.375. The van der Waals surface area contributed by atoms with Crippen LogP contribution in [0.2, 0.25) is 0 Å². The molecule has 0 aliphatic rings. The summed E-state index contributed by atoms with van der Waals surface area (Å²) in [6.07, 6.45) is 1.57. The van der Waals surface area contributed by atoms with Crippen molar-refractivity contribution in [2.45, 2.75) is 33.2 Å². The number of carboxylic acid groups (broad SMARTS) is 1. The number of nitrogens with zero attached hydrogens (tertiary/aromatic N) is 2. The van der Waals surface area contributed by atoms with E-state index in [-0.39, 0.29) is 11.1 Å². The van der Waals surface area contributed by atoms with Crippen molar-refractivity contribution < 1.29 is 14.6 Å². The van der Waals surface area contributed by atoms with Gasteiger partial charge in [0, 0.05) is 11.8 Å². The highest BCUT2D eigenvalue weighted by atomic mass is 16.5. The minimum Gasteiger partial charge on any atom is -0.493 e. The summed E-state index contributed by atoms with van der Waals surface area (Å²) in [6, 6.07) is 7.35. The van der Waals surface area contributed by atoms with Crippen LogP contribution >= 0.6 is 0 Å². The van der Waals surface area contributed by atoms with E-state index in [2.05, 4.69) is 5.10 Å². The lowest BCUT2D eigenvalue weighted by Crippen LogP contribution is -2.22. The Bertz CT molecular complexity index is 654. The molecule has 0 atom stereocenters. The topological polar surface area (TPSA) is 64.4 Å². The predicted octanol–water partition coefficient (Wildman–Crippen LogP) is 3.40. The van der Waals surface area contributed by atoms with E-state index in [1.54, 1.807) is 10.9 Å². The summed E-state index contributed by atoms with van der Waals surface area (Å²) in [5, 5.41) is 13.9. The number of benzene rings is 1. The molecule has 5 heteroatoms. The maximum Gasteiger partial charge on any atom is 0.339 e. The fourth-order valence-electron chi connectivity index (χ4n) is 2.02. The second-order valence-electron chi connectivity index (χ2n) is 5.74. The molecule has 0 bridgehead atoms. The van der Waals surface area contributed by atoms with Gasteiger partial charge < -0.3 is 9.84 Å². The van der Waals surface area contributed by atoms with E-state index >= 15 is 0 Å². The van der Waals surface area contributed by atoms with Gasteiger partial charge in [-0.3, -0.25) is 4.68 Å². The van der Waals surface area contributed by atoms with Gasteiger partial charge in [-0.2, -0.15) is 5.10 Å². The first-order chi connectivity index (χ1) is 9.84. The van der Waals surface area contributed by atoms with Crippen molar-refractivity contribution in [2.75, 3.05) is 6.61 Å². The number of hydrogen-bond acceptors (Lipinski definition) is 3. The molecule has 0 aliphatic carbocycles. The van der Waals surface area contributed by atoms with Gasteiger partial charge in [0.1, 0.15) is 17.0 Å². The van der Waals surface area contributed by atoms with E-state index < -0.39 is 5.97 Å². The van der Waals surface area contributed by atoms with Gasteiger partial charge in [0.15, 0.2) is 0 Å². The molecule has 0 fully saturated rings. The molecule has 0 amide bonds. The zero-order valence-corrected chi connectivity index (χ0v) is 12.8. The van der Waals surface area contributed by atoms with E-state index in [1.807, 2.05) is 52.0 Å². The lowest BCUT2D eigenvalue weighted by atomic mass is 10.1. The molecule has 0 radical (unpaired) electrons. The van der Waals surface area contributed by atoms with Gasteiger partial charge in [0.2, 0.25) is 0 Å². The van der Waals surface area contributed by atoms with Crippen LogP contribution in [0.15, 0.2) is 30.5 Å². The van der Waals surface area contributed by atoms with Crippen molar-refractivity contribution in [3.8, 4) is 17.0 Å². The molecule has 0 unspecified atom stereocenters. The monoisotopic (exact) mass is 288 g/mol. The Labute approximate surface area is 124 Å². The largest absolute Gasteiger partial charge is 0.493 e. The number of ether oxygens (including phenoxy) is 1. The highest BCUT2D eigenvalue weighted by Gasteiger charge is 2.24. The molecule has 112 valence electrons. The van der Waals surface area contributed by atoms with Crippen molar-refractivity contribution in [2.24, 2.45) is 0 Å². The van der Waals surface area contributed by atoms with E-state index in [9.17, 15) is 9.90 Å². The first-order valence-corrected chi connectivity index (χ1v) is 6.90. The molecule has 5 nitrogen and oxygen atoms in total. The number of rotatable bonds is 4. The second-order valence-corrected chi connectivity index (χ2v) is 5.74. The molecule has 2 rings (SSSR count). The quantitative estimate of drug-likeness (QED) is 0.936. The lowest BCUT2D eigenvalue weighted by molar-refractivity contribution is 0.0697. The highest BCUT2D eigenvalue weighted by Crippen LogP contribution is 2.32. The molecule has 0 spiro atoms. The zero-order chi connectivity index (χ0) is 15.6. The maximum absolute atomic E-state index is 11.5. The average Bonchev–Trinajstić information content (AvgIpc) is 2.84. The Morgan fingerprint density at radius 2 is 2.00 bits per heavy atom. The third kappa shape index (κ3) is 3.07. The number of aromatic nitrogens is 2. The number of hydrogen-bond donors (Lipinski definition) is 1. The normalized spacial score (nSPS) is 11.4. The van der Waals surface area contributed by atoms with Gasteiger partial charge in [-0.1, -0.05) is 12.1 Å². The summed E-state index contributed by atoms with van der Waals surface area (Å²) in [7, 11) is 0. The number of aromatic carboxylic acids is 1. The summed E-state index contributed by atoms with van der Waals surface area (Å²) >= 11 is 0. The second kappa shape index (κ2) is 5.60. The van der Waals surface area contributed by atoms with E-state index in [0.717, 1.165) is 0 Å². The first-order valence-electron chi connectivity index (χ1n) is 6.90. The van der Waals surface area contributed by atoms with E-state index in [0.29, 0.717) is 23.6 Å². The molecule has 0 aliphatic heterocycles. The van der Waals surface area contributed by atoms with Gasteiger partial charge in [-0.25, -0.2) is 4.79 Å². The summed E-state index contributed by atoms with van der Waals surface area (Å²) in [5.41, 5.74) is 1.02. The Kier molecular flexibility index (Phi) is 4.02. The molecule has 21 heavy (non-hydrogen) atoms. The summed E-state index contributed by atoms with van der Waals surface area (Å²) in [6.45, 7) is 8.33. The molecular formula is C16H20N2O3. The SMILES string of the molecule is CCOc1ccccc1-c1nn(C(C)(C)C)cc1C(=O)O. The number of carboxylic acids is 1. The molecular weight excluding hydrogens is 268 g/mol. The van der Waals surface area contributed by atoms with Crippen molar-refractivity contribution in [1.29, 1.82) is 0 Å². The van der Waals surface area contributed by atoms with Crippen LogP contribution in [0.25, 0.3) is 11.3 Å². The molecule has 1 N–H and O–H groups in total. The number of carbonyl (C=O) groups is 1. The van der Waals surface area contributed by atoms with Crippen LogP contribution in [-0.2, 0) is 5.54 Å². The molecule has 2 aromatic rings. The van der Waals surface area contributed by atoms with Crippen molar-refractivity contribution in [1.82, 2.24) is 9.78 Å².